The first kappa shape index (κ1) is 21.1. The average Bonchev–Trinajstić information content (AvgIpc) is 2.72. The standard InChI is InChI=1S/C26H26ClFO/c1-26(2,22-13-10-20(11-14-22)16-18-27)17-6-7-21-12-15-24(28)25(19-21)29-23-8-4-3-5-9-23/h3-5,8-16,18-19H,6-7,17H2,1-2H3/b18-16+. The minimum Gasteiger partial charge on any atom is -0.454 e. The van der Waals surface area contributed by atoms with Crippen LogP contribution in [0.4, 0.5) is 4.39 Å². The zero-order valence-electron chi connectivity index (χ0n) is 16.9. The highest BCUT2D eigenvalue weighted by Crippen LogP contribution is 2.31. The molecule has 3 rings (SSSR count). The average molecular weight is 409 g/mol. The van der Waals surface area contributed by atoms with E-state index in [9.17, 15) is 4.39 Å². The molecule has 3 aromatic carbocycles. The first-order chi connectivity index (χ1) is 14.0. The molecular formula is C26H26ClFO. The molecule has 0 spiro atoms. The molecular weight excluding hydrogens is 383 g/mol. The molecule has 0 bridgehead atoms. The Hall–Kier alpha value is -2.58. The smallest absolute Gasteiger partial charge is 0.165 e. The van der Waals surface area contributed by atoms with Gasteiger partial charge < -0.3 is 4.74 Å². The summed E-state index contributed by atoms with van der Waals surface area (Å²) in [7, 11) is 0. The van der Waals surface area contributed by atoms with E-state index in [1.165, 1.54) is 17.2 Å². The molecule has 0 aliphatic rings. The van der Waals surface area contributed by atoms with E-state index < -0.39 is 0 Å². The highest BCUT2D eigenvalue weighted by Gasteiger charge is 2.20. The topological polar surface area (TPSA) is 9.23 Å². The van der Waals surface area contributed by atoms with Crippen molar-refractivity contribution in [1.82, 2.24) is 0 Å². The molecule has 0 N–H and O–H groups in total. The van der Waals surface area contributed by atoms with Crippen LogP contribution in [0.1, 0.15) is 43.4 Å². The minimum absolute atomic E-state index is 0.0621. The van der Waals surface area contributed by atoms with Gasteiger partial charge in [0, 0.05) is 5.54 Å². The lowest BCUT2D eigenvalue weighted by Gasteiger charge is -2.25. The van der Waals surface area contributed by atoms with Crippen LogP contribution in [-0.2, 0) is 11.8 Å². The van der Waals surface area contributed by atoms with E-state index in [-0.39, 0.29) is 17.0 Å². The fourth-order valence-electron chi connectivity index (χ4n) is 3.39. The molecule has 0 radical (unpaired) electrons. The minimum atomic E-state index is -0.344. The lowest BCUT2D eigenvalue weighted by molar-refractivity contribution is 0.439. The Balaban J connectivity index is 1.61. The van der Waals surface area contributed by atoms with Crippen molar-refractivity contribution in [2.75, 3.05) is 0 Å². The number of benzene rings is 3. The largest absolute Gasteiger partial charge is 0.454 e. The monoisotopic (exact) mass is 408 g/mol. The zero-order valence-corrected chi connectivity index (χ0v) is 17.6. The van der Waals surface area contributed by atoms with Crippen LogP contribution in [-0.4, -0.2) is 0 Å². The molecule has 3 aromatic rings. The van der Waals surface area contributed by atoms with Crippen LogP contribution in [0, 0.1) is 5.82 Å². The van der Waals surface area contributed by atoms with Crippen LogP contribution >= 0.6 is 11.6 Å². The summed E-state index contributed by atoms with van der Waals surface area (Å²) >= 11 is 5.65. The van der Waals surface area contributed by atoms with Crippen molar-refractivity contribution in [3.8, 4) is 11.5 Å². The van der Waals surface area contributed by atoms with Crippen LogP contribution in [0.3, 0.4) is 0 Å². The number of hydrogen-bond acceptors (Lipinski definition) is 1. The van der Waals surface area contributed by atoms with Crippen molar-refractivity contribution in [3.63, 3.8) is 0 Å². The predicted molar refractivity (Wildman–Crippen MR) is 120 cm³/mol. The molecule has 0 atom stereocenters. The maximum Gasteiger partial charge on any atom is 0.165 e. The van der Waals surface area contributed by atoms with Gasteiger partial charge in [-0.3, -0.25) is 0 Å². The van der Waals surface area contributed by atoms with Crippen LogP contribution in [0.15, 0.2) is 78.3 Å². The van der Waals surface area contributed by atoms with Gasteiger partial charge in [0.1, 0.15) is 5.75 Å². The fourth-order valence-corrected chi connectivity index (χ4v) is 3.54. The molecule has 0 saturated carbocycles. The van der Waals surface area contributed by atoms with E-state index in [0.717, 1.165) is 30.4 Å². The third-order valence-electron chi connectivity index (χ3n) is 5.18. The quantitative estimate of drug-likeness (QED) is 0.365. The molecule has 0 saturated heterocycles. The van der Waals surface area contributed by atoms with E-state index in [0.29, 0.717) is 5.75 Å². The Kier molecular flexibility index (Phi) is 7.11. The maximum atomic E-state index is 14.1. The SMILES string of the molecule is CC(C)(CCCc1ccc(F)c(Oc2ccccc2)c1)c1ccc(/C=C/Cl)cc1. The Morgan fingerprint density at radius 2 is 1.69 bits per heavy atom. The third kappa shape index (κ3) is 5.95. The van der Waals surface area contributed by atoms with Gasteiger partial charge >= 0.3 is 0 Å². The Morgan fingerprint density at radius 1 is 0.966 bits per heavy atom. The van der Waals surface area contributed by atoms with E-state index in [1.54, 1.807) is 0 Å². The summed E-state index contributed by atoms with van der Waals surface area (Å²) in [6.45, 7) is 4.52. The summed E-state index contributed by atoms with van der Waals surface area (Å²) in [5.41, 5.74) is 5.06. The second-order valence-electron chi connectivity index (χ2n) is 7.83. The van der Waals surface area contributed by atoms with E-state index in [1.807, 2.05) is 48.5 Å². The first-order valence-electron chi connectivity index (χ1n) is 9.86. The van der Waals surface area contributed by atoms with Crippen molar-refractivity contribution in [3.05, 3.63) is 101 Å². The second-order valence-corrected chi connectivity index (χ2v) is 8.08. The van der Waals surface area contributed by atoms with E-state index in [4.69, 9.17) is 16.3 Å². The predicted octanol–water partition coefficient (Wildman–Crippen LogP) is 8.13. The lowest BCUT2D eigenvalue weighted by atomic mass is 9.79. The van der Waals surface area contributed by atoms with Gasteiger partial charge in [-0.1, -0.05) is 74.0 Å². The summed E-state index contributed by atoms with van der Waals surface area (Å²) < 4.78 is 19.8. The Morgan fingerprint density at radius 3 is 2.38 bits per heavy atom. The molecule has 0 fully saturated rings. The maximum absolute atomic E-state index is 14.1. The molecule has 0 unspecified atom stereocenters. The molecule has 0 aliphatic heterocycles. The van der Waals surface area contributed by atoms with Gasteiger partial charge in [-0.05, 0) is 71.7 Å². The number of hydrogen-bond donors (Lipinski definition) is 0. The summed E-state index contributed by atoms with van der Waals surface area (Å²) in [5, 5.41) is 0. The Labute approximate surface area is 177 Å². The zero-order chi connectivity index (χ0) is 20.7. The van der Waals surface area contributed by atoms with Crippen LogP contribution in [0.2, 0.25) is 0 Å². The molecule has 0 amide bonds. The van der Waals surface area contributed by atoms with Gasteiger partial charge in [-0.15, -0.1) is 0 Å². The Bertz CT molecular complexity index is 946. The highest BCUT2D eigenvalue weighted by atomic mass is 35.5. The fraction of sp³-hybridized carbons (Fsp3) is 0.231. The summed E-state index contributed by atoms with van der Waals surface area (Å²) in [5.74, 6) is 0.567. The summed E-state index contributed by atoms with van der Waals surface area (Å²) in [4.78, 5) is 0. The van der Waals surface area contributed by atoms with Gasteiger partial charge in [0.15, 0.2) is 11.6 Å². The van der Waals surface area contributed by atoms with Gasteiger partial charge in [-0.25, -0.2) is 4.39 Å². The summed E-state index contributed by atoms with van der Waals surface area (Å²) in [6, 6.07) is 22.9. The van der Waals surface area contributed by atoms with Gasteiger partial charge in [-0.2, -0.15) is 0 Å². The number of rotatable bonds is 8. The number of para-hydroxylation sites is 1. The third-order valence-corrected chi connectivity index (χ3v) is 5.31. The number of aryl methyl sites for hydroxylation is 1. The molecule has 0 aliphatic carbocycles. The number of ether oxygens (including phenoxy) is 1. The molecule has 3 heteroatoms. The van der Waals surface area contributed by atoms with Gasteiger partial charge in [0.25, 0.3) is 0 Å². The van der Waals surface area contributed by atoms with Crippen LogP contribution in [0.25, 0.3) is 6.08 Å². The van der Waals surface area contributed by atoms with Gasteiger partial charge in [0.2, 0.25) is 0 Å². The molecule has 0 heterocycles. The molecule has 1 nitrogen and oxygen atoms in total. The highest BCUT2D eigenvalue weighted by molar-refractivity contribution is 6.27. The van der Waals surface area contributed by atoms with E-state index >= 15 is 0 Å². The van der Waals surface area contributed by atoms with Crippen molar-refractivity contribution in [2.45, 2.75) is 38.5 Å². The molecule has 29 heavy (non-hydrogen) atoms. The van der Waals surface area contributed by atoms with Crippen LogP contribution < -0.4 is 4.74 Å². The normalized spacial score (nSPS) is 11.7. The molecule has 0 aromatic heterocycles. The van der Waals surface area contributed by atoms with E-state index in [2.05, 4.69) is 38.1 Å². The first-order valence-corrected chi connectivity index (χ1v) is 10.3. The lowest BCUT2D eigenvalue weighted by Crippen LogP contribution is -2.17. The van der Waals surface area contributed by atoms with Crippen molar-refractivity contribution >= 4 is 17.7 Å². The summed E-state index contributed by atoms with van der Waals surface area (Å²) in [6.07, 6.45) is 4.79. The second kappa shape index (κ2) is 9.76. The van der Waals surface area contributed by atoms with Crippen molar-refractivity contribution in [1.29, 1.82) is 0 Å². The van der Waals surface area contributed by atoms with Gasteiger partial charge in [0.05, 0.1) is 0 Å². The van der Waals surface area contributed by atoms with Crippen molar-refractivity contribution < 1.29 is 9.13 Å². The van der Waals surface area contributed by atoms with Crippen LogP contribution in [0.5, 0.6) is 11.5 Å². The number of halogens is 2. The molecule has 150 valence electrons. The van der Waals surface area contributed by atoms with Crippen molar-refractivity contribution in [2.24, 2.45) is 0 Å².